The van der Waals surface area contributed by atoms with Gasteiger partial charge in [-0.1, -0.05) is 0 Å². The summed E-state index contributed by atoms with van der Waals surface area (Å²) < 4.78 is 12.9. The number of imide groups is 1. The molecule has 6 nitrogen and oxygen atoms in total. The molecule has 0 radical (unpaired) electrons. The second kappa shape index (κ2) is 5.51. The van der Waals surface area contributed by atoms with E-state index in [1.807, 2.05) is 0 Å². The third-order valence-corrected chi connectivity index (χ3v) is 3.37. The number of hydrogen-bond donors (Lipinski definition) is 0. The maximum Gasteiger partial charge on any atom is 0.327 e. The van der Waals surface area contributed by atoms with Crippen LogP contribution in [0.25, 0.3) is 11.4 Å². The van der Waals surface area contributed by atoms with Gasteiger partial charge in [0.2, 0.25) is 0 Å². The highest BCUT2D eigenvalue weighted by molar-refractivity contribution is 6.01. The first kappa shape index (κ1) is 14.1. The molecule has 2 aromatic rings. The molecule has 1 aromatic heterocycles. The number of nitrogens with zero attached hydrogens (tertiary/aromatic N) is 4. The van der Waals surface area contributed by atoms with Crippen LogP contribution < -0.4 is 0 Å². The van der Waals surface area contributed by atoms with Crippen LogP contribution >= 0.6 is 0 Å². The van der Waals surface area contributed by atoms with Crippen molar-refractivity contribution in [2.45, 2.75) is 6.54 Å². The predicted octanol–water partition coefficient (Wildman–Crippen LogP) is 1.68. The summed E-state index contributed by atoms with van der Waals surface area (Å²) in [5.74, 6) is -0.171. The van der Waals surface area contributed by atoms with Crippen molar-refractivity contribution in [3.05, 3.63) is 48.0 Å². The molecule has 1 saturated heterocycles. The summed E-state index contributed by atoms with van der Waals surface area (Å²) in [4.78, 5) is 34.6. The number of likely N-dealkylation sites (N-methyl/N-ethyl adjacent to an activating group) is 1. The van der Waals surface area contributed by atoms with Crippen molar-refractivity contribution < 1.29 is 14.0 Å². The number of benzene rings is 1. The zero-order valence-corrected chi connectivity index (χ0v) is 11.9. The van der Waals surface area contributed by atoms with Gasteiger partial charge < -0.3 is 4.90 Å². The van der Waals surface area contributed by atoms with Crippen LogP contribution in [0.4, 0.5) is 9.18 Å². The Morgan fingerprint density at radius 2 is 1.91 bits per heavy atom. The fourth-order valence-corrected chi connectivity index (χ4v) is 2.21. The quantitative estimate of drug-likeness (QED) is 0.809. The van der Waals surface area contributed by atoms with E-state index in [0.29, 0.717) is 17.1 Å². The van der Waals surface area contributed by atoms with Gasteiger partial charge in [0, 0.05) is 18.8 Å². The van der Waals surface area contributed by atoms with Crippen LogP contribution in [0.15, 0.2) is 36.5 Å². The lowest BCUT2D eigenvalue weighted by Crippen LogP contribution is -2.31. The van der Waals surface area contributed by atoms with E-state index in [1.54, 1.807) is 31.4 Å². The molecule has 1 aliphatic heterocycles. The Morgan fingerprint density at radius 3 is 2.55 bits per heavy atom. The van der Waals surface area contributed by atoms with Gasteiger partial charge in [-0.3, -0.25) is 9.69 Å². The summed E-state index contributed by atoms with van der Waals surface area (Å²) in [6, 6.07) is 7.11. The first-order chi connectivity index (χ1) is 10.5. The third kappa shape index (κ3) is 2.65. The highest BCUT2D eigenvalue weighted by Crippen LogP contribution is 2.17. The number of urea groups is 1. The second-order valence-electron chi connectivity index (χ2n) is 5.00. The Bertz CT molecular complexity index is 733. The molecule has 3 rings (SSSR count). The Labute approximate surface area is 126 Å². The van der Waals surface area contributed by atoms with Crippen LogP contribution in [0.1, 0.15) is 5.69 Å². The molecule has 0 N–H and O–H groups in total. The largest absolute Gasteiger partial charge is 0.327 e. The van der Waals surface area contributed by atoms with E-state index in [9.17, 15) is 14.0 Å². The van der Waals surface area contributed by atoms with Crippen LogP contribution in [0.3, 0.4) is 0 Å². The van der Waals surface area contributed by atoms with Crippen molar-refractivity contribution in [1.82, 2.24) is 19.8 Å². The molecule has 3 amide bonds. The molecule has 0 unspecified atom stereocenters. The highest BCUT2D eigenvalue weighted by Gasteiger charge is 2.33. The maximum absolute atomic E-state index is 12.9. The Kier molecular flexibility index (Phi) is 3.54. The summed E-state index contributed by atoms with van der Waals surface area (Å²) in [5, 5.41) is 0. The average Bonchev–Trinajstić information content (AvgIpc) is 2.75. The van der Waals surface area contributed by atoms with E-state index in [0.717, 1.165) is 4.90 Å². The van der Waals surface area contributed by atoms with Gasteiger partial charge in [0.25, 0.3) is 5.91 Å². The Balaban J connectivity index is 1.84. The summed E-state index contributed by atoms with van der Waals surface area (Å²) in [7, 11) is 1.57. The molecule has 0 spiro atoms. The van der Waals surface area contributed by atoms with Crippen LogP contribution in [0, 0.1) is 5.82 Å². The molecule has 0 atom stereocenters. The Morgan fingerprint density at radius 1 is 1.18 bits per heavy atom. The highest BCUT2D eigenvalue weighted by atomic mass is 19.1. The van der Waals surface area contributed by atoms with E-state index in [4.69, 9.17) is 0 Å². The van der Waals surface area contributed by atoms with Crippen molar-refractivity contribution in [3.63, 3.8) is 0 Å². The molecule has 1 fully saturated rings. The molecular weight excluding hydrogens is 287 g/mol. The van der Waals surface area contributed by atoms with E-state index >= 15 is 0 Å². The van der Waals surface area contributed by atoms with Gasteiger partial charge in [-0.05, 0) is 30.3 Å². The minimum Gasteiger partial charge on any atom is -0.318 e. The lowest BCUT2D eigenvalue weighted by molar-refractivity contribution is -0.125. The summed E-state index contributed by atoms with van der Waals surface area (Å²) in [6.07, 6.45) is 1.55. The molecule has 1 aliphatic rings. The topological polar surface area (TPSA) is 66.4 Å². The van der Waals surface area contributed by atoms with Gasteiger partial charge in [0.1, 0.15) is 12.4 Å². The molecule has 0 bridgehead atoms. The van der Waals surface area contributed by atoms with Crippen molar-refractivity contribution in [3.8, 4) is 11.4 Å². The molecule has 2 heterocycles. The standard InChI is InChI=1S/C15H13FN4O2/c1-19-9-13(21)20(15(19)22)8-12-6-7-17-14(18-12)10-2-4-11(16)5-3-10/h2-7H,8-9H2,1H3. The summed E-state index contributed by atoms with van der Waals surface area (Å²) >= 11 is 0. The molecule has 0 aliphatic carbocycles. The second-order valence-corrected chi connectivity index (χ2v) is 5.00. The van der Waals surface area contributed by atoms with Gasteiger partial charge in [-0.15, -0.1) is 0 Å². The first-order valence-corrected chi connectivity index (χ1v) is 6.68. The van der Waals surface area contributed by atoms with Crippen molar-refractivity contribution in [2.75, 3.05) is 13.6 Å². The van der Waals surface area contributed by atoms with E-state index < -0.39 is 0 Å². The third-order valence-electron chi connectivity index (χ3n) is 3.37. The van der Waals surface area contributed by atoms with Crippen LogP contribution in [-0.4, -0.2) is 45.3 Å². The number of halogens is 1. The number of carbonyl (C=O) groups is 2. The Hall–Kier alpha value is -2.83. The zero-order valence-electron chi connectivity index (χ0n) is 11.9. The molecule has 112 valence electrons. The minimum absolute atomic E-state index is 0.0781. The average molecular weight is 300 g/mol. The smallest absolute Gasteiger partial charge is 0.318 e. The number of hydrogen-bond acceptors (Lipinski definition) is 4. The summed E-state index contributed by atoms with van der Waals surface area (Å²) in [5.41, 5.74) is 1.21. The van der Waals surface area contributed by atoms with E-state index in [2.05, 4.69) is 9.97 Å². The molecule has 0 saturated carbocycles. The lowest BCUT2D eigenvalue weighted by Gasteiger charge is -2.13. The summed E-state index contributed by atoms with van der Waals surface area (Å²) in [6.45, 7) is 0.174. The van der Waals surface area contributed by atoms with E-state index in [1.165, 1.54) is 17.0 Å². The number of carbonyl (C=O) groups excluding carboxylic acids is 2. The fraction of sp³-hybridized carbons (Fsp3) is 0.200. The van der Waals surface area contributed by atoms with Gasteiger partial charge in [-0.2, -0.15) is 0 Å². The molecular formula is C15H13FN4O2. The minimum atomic E-state index is -0.341. The van der Waals surface area contributed by atoms with Crippen LogP contribution in [-0.2, 0) is 11.3 Å². The SMILES string of the molecule is CN1CC(=O)N(Cc2ccnc(-c3ccc(F)cc3)n2)C1=O. The van der Waals surface area contributed by atoms with Crippen molar-refractivity contribution >= 4 is 11.9 Å². The number of aromatic nitrogens is 2. The van der Waals surface area contributed by atoms with Crippen molar-refractivity contribution in [1.29, 1.82) is 0 Å². The number of rotatable bonds is 3. The van der Waals surface area contributed by atoms with Crippen LogP contribution in [0.5, 0.6) is 0 Å². The van der Waals surface area contributed by atoms with Gasteiger partial charge in [0.15, 0.2) is 5.82 Å². The monoisotopic (exact) mass is 300 g/mol. The molecule has 7 heteroatoms. The van der Waals surface area contributed by atoms with Crippen LogP contribution in [0.2, 0.25) is 0 Å². The molecule has 22 heavy (non-hydrogen) atoms. The molecule has 1 aromatic carbocycles. The predicted molar refractivity (Wildman–Crippen MR) is 76.0 cm³/mol. The maximum atomic E-state index is 12.9. The normalized spacial score (nSPS) is 14.8. The van der Waals surface area contributed by atoms with Crippen molar-refractivity contribution in [2.24, 2.45) is 0 Å². The number of amides is 3. The van der Waals surface area contributed by atoms with Gasteiger partial charge in [0.05, 0.1) is 12.2 Å². The van der Waals surface area contributed by atoms with E-state index in [-0.39, 0.29) is 30.8 Å². The fourth-order valence-electron chi connectivity index (χ4n) is 2.21. The lowest BCUT2D eigenvalue weighted by atomic mass is 10.2. The first-order valence-electron chi connectivity index (χ1n) is 6.68. The zero-order chi connectivity index (χ0) is 15.7. The van der Waals surface area contributed by atoms with Gasteiger partial charge in [-0.25, -0.2) is 19.2 Å². The van der Waals surface area contributed by atoms with Gasteiger partial charge >= 0.3 is 6.03 Å².